The van der Waals surface area contributed by atoms with Crippen molar-refractivity contribution in [3.8, 4) is 10.6 Å². The summed E-state index contributed by atoms with van der Waals surface area (Å²) in [5.74, 6) is 0. The number of aromatic nitrogens is 1. The predicted molar refractivity (Wildman–Crippen MR) is 92.9 cm³/mol. The Kier molecular flexibility index (Phi) is 6.10. The molecule has 2 heterocycles. The van der Waals surface area contributed by atoms with Crippen LogP contribution in [0.4, 0.5) is 0 Å². The smallest absolute Gasteiger partial charge is 0.250 e. The first-order chi connectivity index (χ1) is 10.5. The minimum absolute atomic E-state index is 0.211. The number of nitrogens with one attached hydrogen (secondary N) is 1. The number of unbranched alkanes of at least 4 members (excludes halogenated alkanes) is 1. The molecule has 0 aliphatic carbocycles. The molecule has 2 rings (SSSR count). The molecule has 0 aliphatic rings. The van der Waals surface area contributed by atoms with Crippen LogP contribution in [0.25, 0.3) is 10.6 Å². The maximum Gasteiger partial charge on any atom is 0.250 e. The largest absolute Gasteiger partial charge is 0.329 e. The Morgan fingerprint density at radius 3 is 2.77 bits per heavy atom. The number of sulfonamides is 1. The first-order valence-corrected chi connectivity index (χ1v) is 10.4. The van der Waals surface area contributed by atoms with Crippen LogP contribution in [0.3, 0.4) is 0 Å². The quantitative estimate of drug-likeness (QED) is 0.759. The summed E-state index contributed by atoms with van der Waals surface area (Å²) in [6, 6.07) is 3.22. The Balaban J connectivity index is 2.14. The van der Waals surface area contributed by atoms with Gasteiger partial charge in [-0.3, -0.25) is 0 Å². The van der Waals surface area contributed by atoms with Crippen LogP contribution in [-0.2, 0) is 10.0 Å². The van der Waals surface area contributed by atoms with E-state index < -0.39 is 10.0 Å². The van der Waals surface area contributed by atoms with E-state index >= 15 is 0 Å². The van der Waals surface area contributed by atoms with Crippen molar-refractivity contribution in [1.29, 1.82) is 0 Å². The summed E-state index contributed by atoms with van der Waals surface area (Å²) in [5, 5.41) is 2.91. The van der Waals surface area contributed by atoms with E-state index in [0.29, 0.717) is 10.8 Å². The zero-order chi connectivity index (χ0) is 16.2. The van der Waals surface area contributed by atoms with Gasteiger partial charge < -0.3 is 5.73 Å². The van der Waals surface area contributed by atoms with Crippen molar-refractivity contribution in [2.45, 2.75) is 43.4 Å². The SMILES string of the molecule is CCCCC(CN)NS(=O)(=O)c1ccc(-c2csc(C)n2)s1. The Bertz CT molecular complexity index is 706. The van der Waals surface area contributed by atoms with Crippen LogP contribution in [0, 0.1) is 6.92 Å². The molecule has 22 heavy (non-hydrogen) atoms. The van der Waals surface area contributed by atoms with Crippen molar-refractivity contribution >= 4 is 32.7 Å². The third kappa shape index (κ3) is 4.36. The van der Waals surface area contributed by atoms with Crippen molar-refractivity contribution < 1.29 is 8.42 Å². The molecule has 0 aromatic carbocycles. The molecule has 0 saturated heterocycles. The lowest BCUT2D eigenvalue weighted by atomic mass is 10.1. The summed E-state index contributed by atoms with van der Waals surface area (Å²) in [4.78, 5) is 5.25. The van der Waals surface area contributed by atoms with Crippen LogP contribution < -0.4 is 10.5 Å². The van der Waals surface area contributed by atoms with E-state index in [4.69, 9.17) is 5.73 Å². The third-order valence-electron chi connectivity index (χ3n) is 3.23. The lowest BCUT2D eigenvalue weighted by Crippen LogP contribution is -2.39. The van der Waals surface area contributed by atoms with Crippen LogP contribution in [0.5, 0.6) is 0 Å². The van der Waals surface area contributed by atoms with Gasteiger partial charge in [0, 0.05) is 18.0 Å². The number of nitrogens with zero attached hydrogens (tertiary/aromatic N) is 1. The fourth-order valence-corrected chi connectivity index (χ4v) is 5.29. The van der Waals surface area contributed by atoms with E-state index in [1.165, 1.54) is 11.3 Å². The number of thiazole rings is 1. The van der Waals surface area contributed by atoms with E-state index in [1.54, 1.807) is 23.5 Å². The molecule has 0 fully saturated rings. The van der Waals surface area contributed by atoms with E-state index in [0.717, 1.165) is 34.8 Å². The highest BCUT2D eigenvalue weighted by Crippen LogP contribution is 2.31. The maximum absolute atomic E-state index is 12.4. The van der Waals surface area contributed by atoms with Gasteiger partial charge in [-0.25, -0.2) is 18.1 Å². The average Bonchev–Trinajstić information content (AvgIpc) is 3.12. The molecule has 0 aliphatic heterocycles. The van der Waals surface area contributed by atoms with Gasteiger partial charge >= 0.3 is 0 Å². The number of thiophene rings is 1. The zero-order valence-electron chi connectivity index (χ0n) is 12.7. The Morgan fingerprint density at radius 2 is 2.18 bits per heavy atom. The molecule has 8 heteroatoms. The highest BCUT2D eigenvalue weighted by molar-refractivity contribution is 7.91. The van der Waals surface area contributed by atoms with Crippen molar-refractivity contribution in [2.75, 3.05) is 6.54 Å². The lowest BCUT2D eigenvalue weighted by molar-refractivity contribution is 0.517. The first kappa shape index (κ1) is 17.6. The second-order valence-electron chi connectivity index (χ2n) is 5.07. The summed E-state index contributed by atoms with van der Waals surface area (Å²) in [6.45, 7) is 4.31. The Morgan fingerprint density at radius 1 is 1.41 bits per heavy atom. The molecule has 2 aromatic heterocycles. The van der Waals surface area contributed by atoms with E-state index in [-0.39, 0.29) is 6.04 Å². The minimum atomic E-state index is -3.52. The van der Waals surface area contributed by atoms with Gasteiger partial charge in [0.1, 0.15) is 4.21 Å². The summed E-state index contributed by atoms with van der Waals surface area (Å²) in [6.07, 6.45) is 2.73. The summed E-state index contributed by atoms with van der Waals surface area (Å²) < 4.78 is 27.9. The molecule has 1 atom stereocenters. The number of aryl methyl sites for hydroxylation is 1. The van der Waals surface area contributed by atoms with Gasteiger partial charge in [0.05, 0.1) is 15.6 Å². The molecular weight excluding hydrogens is 338 g/mol. The van der Waals surface area contributed by atoms with E-state index in [9.17, 15) is 8.42 Å². The molecule has 0 radical (unpaired) electrons. The molecule has 122 valence electrons. The molecule has 0 spiro atoms. The summed E-state index contributed by atoms with van der Waals surface area (Å²) in [7, 11) is -3.52. The van der Waals surface area contributed by atoms with E-state index in [1.807, 2.05) is 12.3 Å². The second kappa shape index (κ2) is 7.65. The van der Waals surface area contributed by atoms with Gasteiger partial charge in [-0.05, 0) is 25.5 Å². The number of hydrogen-bond acceptors (Lipinski definition) is 6. The summed E-state index contributed by atoms with van der Waals surface area (Å²) in [5.41, 5.74) is 6.49. The van der Waals surface area contributed by atoms with Crippen molar-refractivity contribution in [1.82, 2.24) is 9.71 Å². The number of rotatable bonds is 8. The molecule has 0 saturated carbocycles. The minimum Gasteiger partial charge on any atom is -0.329 e. The molecule has 2 aromatic rings. The van der Waals surface area contributed by atoms with Crippen LogP contribution in [0.2, 0.25) is 0 Å². The monoisotopic (exact) mass is 359 g/mol. The van der Waals surface area contributed by atoms with E-state index in [2.05, 4.69) is 16.6 Å². The van der Waals surface area contributed by atoms with Gasteiger partial charge in [-0.15, -0.1) is 22.7 Å². The molecule has 0 amide bonds. The van der Waals surface area contributed by atoms with Gasteiger partial charge in [-0.1, -0.05) is 19.8 Å². The molecule has 3 N–H and O–H groups in total. The van der Waals surface area contributed by atoms with Crippen LogP contribution in [-0.4, -0.2) is 26.0 Å². The molecular formula is C14H21N3O2S3. The number of nitrogens with two attached hydrogens (primary N) is 1. The standard InChI is InChI=1S/C14H21N3O2S3/c1-3-4-5-11(8-15)17-22(18,19)14-7-6-13(21-14)12-9-20-10(2)16-12/h6-7,9,11,17H,3-5,8,15H2,1-2H3. The molecule has 5 nitrogen and oxygen atoms in total. The van der Waals surface area contributed by atoms with Gasteiger partial charge in [0.2, 0.25) is 10.0 Å². The van der Waals surface area contributed by atoms with Crippen LogP contribution in [0.1, 0.15) is 31.2 Å². The normalized spacial score (nSPS) is 13.4. The fourth-order valence-electron chi connectivity index (χ4n) is 2.03. The average molecular weight is 360 g/mol. The van der Waals surface area contributed by atoms with Crippen LogP contribution in [0.15, 0.2) is 21.7 Å². The topological polar surface area (TPSA) is 85.1 Å². The van der Waals surface area contributed by atoms with Gasteiger partial charge in [0.15, 0.2) is 0 Å². The maximum atomic E-state index is 12.4. The highest BCUT2D eigenvalue weighted by Gasteiger charge is 2.21. The van der Waals surface area contributed by atoms with Crippen molar-refractivity contribution in [2.24, 2.45) is 5.73 Å². The number of hydrogen-bond donors (Lipinski definition) is 2. The lowest BCUT2D eigenvalue weighted by Gasteiger charge is -2.15. The second-order valence-corrected chi connectivity index (χ2v) is 9.15. The molecule has 0 bridgehead atoms. The third-order valence-corrected chi connectivity index (χ3v) is 7.12. The Labute approximate surface area is 139 Å². The first-order valence-electron chi connectivity index (χ1n) is 7.21. The Hall–Kier alpha value is -0.800. The van der Waals surface area contributed by atoms with Crippen molar-refractivity contribution in [3.05, 3.63) is 22.5 Å². The fraction of sp³-hybridized carbons (Fsp3) is 0.500. The highest BCUT2D eigenvalue weighted by atomic mass is 32.2. The summed E-state index contributed by atoms with van der Waals surface area (Å²) >= 11 is 2.79. The van der Waals surface area contributed by atoms with Crippen LogP contribution >= 0.6 is 22.7 Å². The molecule has 1 unspecified atom stereocenters. The zero-order valence-corrected chi connectivity index (χ0v) is 15.2. The predicted octanol–water partition coefficient (Wildman–Crippen LogP) is 2.98. The van der Waals surface area contributed by atoms with Gasteiger partial charge in [-0.2, -0.15) is 0 Å². The van der Waals surface area contributed by atoms with Crippen molar-refractivity contribution in [3.63, 3.8) is 0 Å². The van der Waals surface area contributed by atoms with Gasteiger partial charge in [0.25, 0.3) is 0 Å².